The van der Waals surface area contributed by atoms with Gasteiger partial charge in [0.25, 0.3) is 5.91 Å². The number of hydrogen-bond acceptors (Lipinski definition) is 3. The molecule has 5 heteroatoms. The van der Waals surface area contributed by atoms with Crippen LogP contribution in [-0.2, 0) is 5.41 Å². The van der Waals surface area contributed by atoms with Gasteiger partial charge in [0.15, 0.2) is 0 Å². The molecule has 0 radical (unpaired) electrons. The minimum absolute atomic E-state index is 0.114. The Hall–Kier alpha value is -1.39. The van der Waals surface area contributed by atoms with E-state index >= 15 is 0 Å². The third-order valence-electron chi connectivity index (χ3n) is 2.44. The van der Waals surface area contributed by atoms with Crippen LogP contribution >= 0.6 is 0 Å². The van der Waals surface area contributed by atoms with Gasteiger partial charge in [-0.15, -0.1) is 5.10 Å². The Morgan fingerprint density at radius 3 is 2.25 bits per heavy atom. The van der Waals surface area contributed by atoms with E-state index in [4.69, 9.17) is 0 Å². The number of amides is 1. The molecule has 0 atom stereocenters. The van der Waals surface area contributed by atoms with Crippen molar-refractivity contribution in [1.82, 2.24) is 20.1 Å². The number of aromatic nitrogens is 3. The Labute approximate surface area is 96.3 Å². The second-order valence-corrected chi connectivity index (χ2v) is 4.74. The van der Waals surface area contributed by atoms with Crippen molar-refractivity contribution in [2.45, 2.75) is 40.0 Å². The molecule has 1 N–H and O–H groups in total. The van der Waals surface area contributed by atoms with Gasteiger partial charge < -0.3 is 4.90 Å². The minimum atomic E-state index is -0.116. The molecular weight excluding hydrogens is 204 g/mol. The number of rotatable bonds is 3. The second-order valence-electron chi connectivity index (χ2n) is 4.74. The molecule has 16 heavy (non-hydrogen) atoms. The summed E-state index contributed by atoms with van der Waals surface area (Å²) in [5.74, 6) is 0.883. The number of nitrogens with one attached hydrogen (secondary N) is 1. The molecule has 0 aliphatic carbocycles. The van der Waals surface area contributed by atoms with Crippen LogP contribution in [0.5, 0.6) is 0 Å². The van der Waals surface area contributed by atoms with Crippen LogP contribution in [0.25, 0.3) is 0 Å². The number of H-pyrrole nitrogens is 1. The van der Waals surface area contributed by atoms with E-state index in [0.717, 1.165) is 5.82 Å². The van der Waals surface area contributed by atoms with E-state index in [1.807, 2.05) is 34.6 Å². The first-order valence-corrected chi connectivity index (χ1v) is 5.62. The standard InChI is InChI=1S/C11H20N4O/c1-6-15(7-2)9(16)8-12-10(14-13-8)11(3,4)5/h6-7H2,1-5H3,(H,12,13,14). The van der Waals surface area contributed by atoms with Gasteiger partial charge in [-0.3, -0.25) is 9.89 Å². The SMILES string of the molecule is CCN(CC)C(=O)c1n[nH]c(C(C)(C)C)n1. The Balaban J connectivity index is 2.90. The van der Waals surface area contributed by atoms with E-state index in [-0.39, 0.29) is 17.1 Å². The maximum absolute atomic E-state index is 11.9. The van der Waals surface area contributed by atoms with Gasteiger partial charge >= 0.3 is 0 Å². The van der Waals surface area contributed by atoms with E-state index in [1.165, 1.54) is 0 Å². The predicted molar refractivity (Wildman–Crippen MR) is 62.3 cm³/mol. The Morgan fingerprint density at radius 1 is 1.31 bits per heavy atom. The normalized spacial score (nSPS) is 11.6. The molecule has 0 aliphatic heterocycles. The molecule has 1 heterocycles. The summed E-state index contributed by atoms with van der Waals surface area (Å²) >= 11 is 0. The highest BCUT2D eigenvalue weighted by atomic mass is 16.2. The van der Waals surface area contributed by atoms with Crippen LogP contribution in [0, 0.1) is 0 Å². The fourth-order valence-electron chi connectivity index (χ4n) is 1.35. The number of aromatic amines is 1. The molecular formula is C11H20N4O. The molecule has 0 saturated heterocycles. The summed E-state index contributed by atoms with van der Waals surface area (Å²) in [5, 5.41) is 6.79. The molecule has 1 amide bonds. The van der Waals surface area contributed by atoms with Crippen molar-refractivity contribution in [3.05, 3.63) is 11.6 Å². The Morgan fingerprint density at radius 2 is 1.88 bits per heavy atom. The average molecular weight is 224 g/mol. The van der Waals surface area contributed by atoms with Gasteiger partial charge in [-0.25, -0.2) is 4.98 Å². The fraction of sp³-hybridized carbons (Fsp3) is 0.727. The molecule has 1 aromatic rings. The molecule has 90 valence electrons. The van der Waals surface area contributed by atoms with E-state index in [1.54, 1.807) is 4.90 Å². The molecule has 0 fully saturated rings. The van der Waals surface area contributed by atoms with Crippen LogP contribution in [-0.4, -0.2) is 39.1 Å². The first kappa shape index (κ1) is 12.7. The fourth-order valence-corrected chi connectivity index (χ4v) is 1.35. The molecule has 0 unspecified atom stereocenters. The van der Waals surface area contributed by atoms with E-state index < -0.39 is 0 Å². The van der Waals surface area contributed by atoms with E-state index in [9.17, 15) is 4.79 Å². The maximum Gasteiger partial charge on any atom is 0.293 e. The number of nitrogens with zero attached hydrogens (tertiary/aromatic N) is 3. The first-order chi connectivity index (χ1) is 7.40. The van der Waals surface area contributed by atoms with Crippen LogP contribution in [0.15, 0.2) is 0 Å². The zero-order chi connectivity index (χ0) is 12.3. The van der Waals surface area contributed by atoms with E-state index in [0.29, 0.717) is 13.1 Å². The molecule has 1 aromatic heterocycles. The number of carbonyl (C=O) groups excluding carboxylic acids is 1. The van der Waals surface area contributed by atoms with Crippen LogP contribution < -0.4 is 0 Å². The van der Waals surface area contributed by atoms with Gasteiger partial charge in [-0.05, 0) is 13.8 Å². The molecule has 0 aromatic carbocycles. The molecule has 0 aliphatic rings. The maximum atomic E-state index is 11.9. The lowest BCUT2D eigenvalue weighted by atomic mass is 9.96. The predicted octanol–water partition coefficient (Wildman–Crippen LogP) is 1.58. The lowest BCUT2D eigenvalue weighted by molar-refractivity contribution is 0.0761. The monoisotopic (exact) mass is 224 g/mol. The quantitative estimate of drug-likeness (QED) is 0.848. The first-order valence-electron chi connectivity index (χ1n) is 5.62. The average Bonchev–Trinajstić information content (AvgIpc) is 2.67. The Kier molecular flexibility index (Phi) is 3.67. The number of hydrogen-bond donors (Lipinski definition) is 1. The summed E-state index contributed by atoms with van der Waals surface area (Å²) in [6.07, 6.45) is 0. The zero-order valence-corrected chi connectivity index (χ0v) is 10.7. The van der Waals surface area contributed by atoms with Gasteiger partial charge in [0.2, 0.25) is 5.82 Å². The van der Waals surface area contributed by atoms with Crippen molar-refractivity contribution in [3.8, 4) is 0 Å². The van der Waals surface area contributed by atoms with Crippen LogP contribution in [0.4, 0.5) is 0 Å². The summed E-state index contributed by atoms with van der Waals surface area (Å²) in [6.45, 7) is 11.3. The lowest BCUT2D eigenvalue weighted by Gasteiger charge is -2.16. The van der Waals surface area contributed by atoms with Crippen LogP contribution in [0.3, 0.4) is 0 Å². The van der Waals surface area contributed by atoms with Crippen LogP contribution in [0.2, 0.25) is 0 Å². The lowest BCUT2D eigenvalue weighted by Crippen LogP contribution is -2.31. The molecule has 0 bridgehead atoms. The third kappa shape index (κ3) is 2.59. The van der Waals surface area contributed by atoms with Crippen molar-refractivity contribution >= 4 is 5.91 Å². The van der Waals surface area contributed by atoms with Crippen molar-refractivity contribution in [1.29, 1.82) is 0 Å². The van der Waals surface area contributed by atoms with Crippen molar-refractivity contribution < 1.29 is 4.79 Å². The topological polar surface area (TPSA) is 61.9 Å². The summed E-state index contributed by atoms with van der Waals surface area (Å²) < 4.78 is 0. The summed E-state index contributed by atoms with van der Waals surface area (Å²) in [7, 11) is 0. The highest BCUT2D eigenvalue weighted by Crippen LogP contribution is 2.17. The second kappa shape index (κ2) is 4.63. The van der Waals surface area contributed by atoms with Gasteiger partial charge in [0.05, 0.1) is 0 Å². The van der Waals surface area contributed by atoms with Gasteiger partial charge in [-0.2, -0.15) is 0 Å². The number of carbonyl (C=O) groups is 1. The van der Waals surface area contributed by atoms with Crippen molar-refractivity contribution in [2.75, 3.05) is 13.1 Å². The minimum Gasteiger partial charge on any atom is -0.336 e. The molecule has 1 rings (SSSR count). The van der Waals surface area contributed by atoms with Gasteiger partial charge in [0.1, 0.15) is 5.82 Å². The smallest absolute Gasteiger partial charge is 0.293 e. The largest absolute Gasteiger partial charge is 0.336 e. The molecule has 0 spiro atoms. The van der Waals surface area contributed by atoms with Crippen molar-refractivity contribution in [3.63, 3.8) is 0 Å². The van der Waals surface area contributed by atoms with Crippen molar-refractivity contribution in [2.24, 2.45) is 0 Å². The van der Waals surface area contributed by atoms with E-state index in [2.05, 4.69) is 15.2 Å². The summed E-state index contributed by atoms with van der Waals surface area (Å²) in [6, 6.07) is 0. The molecule has 5 nitrogen and oxygen atoms in total. The highest BCUT2D eigenvalue weighted by Gasteiger charge is 2.23. The summed E-state index contributed by atoms with van der Waals surface area (Å²) in [4.78, 5) is 17.9. The highest BCUT2D eigenvalue weighted by molar-refractivity contribution is 5.90. The van der Waals surface area contributed by atoms with Crippen LogP contribution in [0.1, 0.15) is 51.1 Å². The zero-order valence-electron chi connectivity index (χ0n) is 10.7. The Bertz CT molecular complexity index is 360. The summed E-state index contributed by atoms with van der Waals surface area (Å²) in [5.41, 5.74) is -0.116. The van der Waals surface area contributed by atoms with Gasteiger partial charge in [-0.1, -0.05) is 20.8 Å². The molecule has 0 saturated carbocycles. The third-order valence-corrected chi connectivity index (χ3v) is 2.44. The van der Waals surface area contributed by atoms with Gasteiger partial charge in [0, 0.05) is 18.5 Å².